The Hall–Kier alpha value is -1.55. The highest BCUT2D eigenvalue weighted by atomic mass is 16.5. The van der Waals surface area contributed by atoms with Gasteiger partial charge in [-0.25, -0.2) is 4.98 Å². The molecule has 0 spiro atoms. The molecule has 0 amide bonds. The number of hydrogen-bond donors (Lipinski definition) is 1. The van der Waals surface area contributed by atoms with Crippen LogP contribution in [0.4, 0.5) is 5.95 Å². The molecule has 96 valence electrons. The van der Waals surface area contributed by atoms with Crippen LogP contribution in [0.25, 0.3) is 11.0 Å². The fraction of sp³-hybridized carbons (Fsp3) is 0.500. The SMILES string of the molecule is Cc1cccc2c1nc(N)n2CC1(C)CCCO1. The van der Waals surface area contributed by atoms with E-state index in [9.17, 15) is 0 Å². The number of nitrogens with two attached hydrogens (primary N) is 1. The summed E-state index contributed by atoms with van der Waals surface area (Å²) < 4.78 is 7.92. The summed E-state index contributed by atoms with van der Waals surface area (Å²) in [6.07, 6.45) is 2.21. The van der Waals surface area contributed by atoms with Gasteiger partial charge in [0.1, 0.15) is 0 Å². The maximum Gasteiger partial charge on any atom is 0.201 e. The summed E-state index contributed by atoms with van der Waals surface area (Å²) in [5.74, 6) is 0.580. The molecular weight excluding hydrogens is 226 g/mol. The molecular formula is C14H19N3O. The van der Waals surface area contributed by atoms with Gasteiger partial charge in [-0.15, -0.1) is 0 Å². The first-order valence-corrected chi connectivity index (χ1v) is 6.44. The summed E-state index contributed by atoms with van der Waals surface area (Å²) in [6.45, 7) is 5.84. The summed E-state index contributed by atoms with van der Waals surface area (Å²) in [5.41, 5.74) is 9.21. The molecule has 1 saturated heterocycles. The van der Waals surface area contributed by atoms with Crippen LogP contribution in [0.15, 0.2) is 18.2 Å². The molecule has 2 N–H and O–H groups in total. The standard InChI is InChI=1S/C14H19N3O/c1-10-5-3-6-11-12(10)16-13(15)17(11)9-14(2)7-4-8-18-14/h3,5-6H,4,7-9H2,1-2H3,(H2,15,16). The van der Waals surface area contributed by atoms with Gasteiger partial charge in [0, 0.05) is 6.61 Å². The Kier molecular flexibility index (Phi) is 2.55. The fourth-order valence-electron chi connectivity index (χ4n) is 2.77. The Labute approximate surface area is 107 Å². The number of para-hydroxylation sites is 1. The van der Waals surface area contributed by atoms with E-state index in [0.717, 1.165) is 42.6 Å². The van der Waals surface area contributed by atoms with Crippen LogP contribution in [0.3, 0.4) is 0 Å². The van der Waals surface area contributed by atoms with Crippen LogP contribution in [0, 0.1) is 6.92 Å². The summed E-state index contributed by atoms with van der Waals surface area (Å²) in [5, 5.41) is 0. The van der Waals surface area contributed by atoms with E-state index in [1.807, 2.05) is 6.07 Å². The predicted molar refractivity (Wildman–Crippen MR) is 72.5 cm³/mol. The van der Waals surface area contributed by atoms with Crippen LogP contribution in [0.1, 0.15) is 25.3 Å². The van der Waals surface area contributed by atoms with Gasteiger partial charge >= 0.3 is 0 Å². The van der Waals surface area contributed by atoms with Crippen molar-refractivity contribution in [3.8, 4) is 0 Å². The molecule has 1 aromatic heterocycles. The Balaban J connectivity index is 2.06. The van der Waals surface area contributed by atoms with Crippen molar-refractivity contribution < 1.29 is 4.74 Å². The highest BCUT2D eigenvalue weighted by molar-refractivity contribution is 5.81. The quantitative estimate of drug-likeness (QED) is 0.884. The second-order valence-corrected chi connectivity index (χ2v) is 5.40. The average Bonchev–Trinajstić information content (AvgIpc) is 2.88. The summed E-state index contributed by atoms with van der Waals surface area (Å²) in [6, 6.07) is 6.18. The van der Waals surface area contributed by atoms with E-state index in [0.29, 0.717) is 5.95 Å². The number of ether oxygens (including phenoxy) is 1. The Bertz CT molecular complexity index is 582. The van der Waals surface area contributed by atoms with E-state index < -0.39 is 0 Å². The molecule has 1 aliphatic rings. The van der Waals surface area contributed by atoms with E-state index in [2.05, 4.69) is 35.5 Å². The van der Waals surface area contributed by atoms with E-state index in [1.165, 1.54) is 0 Å². The normalized spacial score (nSPS) is 23.9. The molecule has 2 aromatic rings. The summed E-state index contributed by atoms with van der Waals surface area (Å²) >= 11 is 0. The van der Waals surface area contributed by atoms with Gasteiger partial charge in [0.25, 0.3) is 0 Å². The maximum absolute atomic E-state index is 6.06. The Morgan fingerprint density at radius 3 is 3.06 bits per heavy atom. The minimum Gasteiger partial charge on any atom is -0.373 e. The zero-order valence-corrected chi connectivity index (χ0v) is 10.9. The number of fused-ring (bicyclic) bond motifs is 1. The first-order chi connectivity index (χ1) is 8.59. The topological polar surface area (TPSA) is 53.1 Å². The lowest BCUT2D eigenvalue weighted by Crippen LogP contribution is -2.30. The van der Waals surface area contributed by atoms with Crippen LogP contribution in [0.2, 0.25) is 0 Å². The van der Waals surface area contributed by atoms with E-state index in [1.54, 1.807) is 0 Å². The van der Waals surface area contributed by atoms with Gasteiger partial charge in [0.2, 0.25) is 5.95 Å². The van der Waals surface area contributed by atoms with Crippen LogP contribution >= 0.6 is 0 Å². The van der Waals surface area contributed by atoms with Gasteiger partial charge < -0.3 is 15.0 Å². The zero-order valence-electron chi connectivity index (χ0n) is 10.9. The minimum absolute atomic E-state index is 0.106. The van der Waals surface area contributed by atoms with Crippen molar-refractivity contribution in [2.75, 3.05) is 12.3 Å². The number of hydrogen-bond acceptors (Lipinski definition) is 3. The molecule has 0 aliphatic carbocycles. The van der Waals surface area contributed by atoms with Crippen molar-refractivity contribution in [2.45, 2.75) is 38.8 Å². The third-order valence-electron chi connectivity index (χ3n) is 3.80. The highest BCUT2D eigenvalue weighted by Gasteiger charge is 2.31. The molecule has 1 aliphatic heterocycles. The van der Waals surface area contributed by atoms with Gasteiger partial charge in [-0.3, -0.25) is 0 Å². The summed E-state index contributed by atoms with van der Waals surface area (Å²) in [4.78, 5) is 4.47. The van der Waals surface area contributed by atoms with E-state index in [-0.39, 0.29) is 5.60 Å². The molecule has 18 heavy (non-hydrogen) atoms. The second kappa shape index (κ2) is 3.99. The number of benzene rings is 1. The molecule has 2 heterocycles. The number of aryl methyl sites for hydroxylation is 1. The lowest BCUT2D eigenvalue weighted by Gasteiger charge is -2.24. The van der Waals surface area contributed by atoms with E-state index >= 15 is 0 Å². The number of anilines is 1. The lowest BCUT2D eigenvalue weighted by molar-refractivity contribution is 0.00750. The smallest absolute Gasteiger partial charge is 0.201 e. The molecule has 0 saturated carbocycles. The molecule has 0 radical (unpaired) electrons. The lowest BCUT2D eigenvalue weighted by atomic mass is 10.0. The highest BCUT2D eigenvalue weighted by Crippen LogP contribution is 2.30. The molecule has 1 aromatic carbocycles. The van der Waals surface area contributed by atoms with Crippen molar-refractivity contribution in [3.05, 3.63) is 23.8 Å². The van der Waals surface area contributed by atoms with Gasteiger partial charge in [0.15, 0.2) is 0 Å². The number of aromatic nitrogens is 2. The fourth-order valence-corrected chi connectivity index (χ4v) is 2.77. The van der Waals surface area contributed by atoms with Crippen LogP contribution in [0.5, 0.6) is 0 Å². The van der Waals surface area contributed by atoms with Crippen molar-refractivity contribution >= 4 is 17.0 Å². The van der Waals surface area contributed by atoms with Gasteiger partial charge in [-0.2, -0.15) is 0 Å². The number of imidazole rings is 1. The average molecular weight is 245 g/mol. The number of rotatable bonds is 2. The maximum atomic E-state index is 6.06. The minimum atomic E-state index is -0.106. The predicted octanol–water partition coefficient (Wildman–Crippen LogP) is 2.50. The molecule has 4 nitrogen and oxygen atoms in total. The van der Waals surface area contributed by atoms with Crippen molar-refractivity contribution in [2.24, 2.45) is 0 Å². The first-order valence-electron chi connectivity index (χ1n) is 6.44. The zero-order chi connectivity index (χ0) is 12.8. The molecule has 3 rings (SSSR count). The molecule has 4 heteroatoms. The van der Waals surface area contributed by atoms with Gasteiger partial charge in [-0.05, 0) is 38.3 Å². The van der Waals surface area contributed by atoms with Crippen molar-refractivity contribution in [3.63, 3.8) is 0 Å². The van der Waals surface area contributed by atoms with E-state index in [4.69, 9.17) is 10.5 Å². The first kappa shape index (κ1) is 11.5. The van der Waals surface area contributed by atoms with Crippen molar-refractivity contribution in [1.82, 2.24) is 9.55 Å². The Morgan fingerprint density at radius 1 is 1.50 bits per heavy atom. The molecule has 1 unspecified atom stereocenters. The molecule has 1 atom stereocenters. The van der Waals surface area contributed by atoms with Gasteiger partial charge in [-0.1, -0.05) is 12.1 Å². The largest absolute Gasteiger partial charge is 0.373 e. The summed E-state index contributed by atoms with van der Waals surface area (Å²) in [7, 11) is 0. The third kappa shape index (κ3) is 1.77. The Morgan fingerprint density at radius 2 is 2.33 bits per heavy atom. The molecule has 0 bridgehead atoms. The monoisotopic (exact) mass is 245 g/mol. The van der Waals surface area contributed by atoms with Crippen LogP contribution in [-0.4, -0.2) is 21.8 Å². The van der Waals surface area contributed by atoms with Crippen LogP contribution in [-0.2, 0) is 11.3 Å². The second-order valence-electron chi connectivity index (χ2n) is 5.40. The molecule has 1 fully saturated rings. The third-order valence-corrected chi connectivity index (χ3v) is 3.80. The number of nitrogen functional groups attached to an aromatic ring is 1. The van der Waals surface area contributed by atoms with Gasteiger partial charge in [0.05, 0.1) is 23.2 Å². The van der Waals surface area contributed by atoms with Crippen molar-refractivity contribution in [1.29, 1.82) is 0 Å². The van der Waals surface area contributed by atoms with Crippen LogP contribution < -0.4 is 5.73 Å². The number of nitrogens with zero attached hydrogens (tertiary/aromatic N) is 2.